The number of hydrogen-bond donors (Lipinski definition) is 1. The molecule has 0 bridgehead atoms. The Bertz CT molecular complexity index is 732. The van der Waals surface area contributed by atoms with E-state index in [-0.39, 0.29) is 23.8 Å². The predicted molar refractivity (Wildman–Crippen MR) is 91.1 cm³/mol. The maximum Gasteiger partial charge on any atom is 0.333 e. The highest BCUT2D eigenvalue weighted by Crippen LogP contribution is 2.26. The standard InChI is InChI=1S/C16H17F3N4O.ClH/c17-12-10-11(4-5-14(12)22-7-2-1-3-8-22)20-15(24)13-6-9-23(21-13)16(18)19;/h4-6,9-10,16H,1-3,7-8H2,(H,20,24);1H. The van der Waals surface area contributed by atoms with Crippen LogP contribution in [-0.4, -0.2) is 28.8 Å². The molecule has 1 fully saturated rings. The van der Waals surface area contributed by atoms with Gasteiger partial charge in [-0.1, -0.05) is 0 Å². The van der Waals surface area contributed by atoms with Gasteiger partial charge in [0.1, 0.15) is 5.82 Å². The molecule has 25 heavy (non-hydrogen) atoms. The van der Waals surface area contributed by atoms with Gasteiger partial charge in [0.25, 0.3) is 5.91 Å². The highest BCUT2D eigenvalue weighted by molar-refractivity contribution is 6.02. The molecule has 1 amide bonds. The smallest absolute Gasteiger partial charge is 0.333 e. The van der Waals surface area contributed by atoms with Gasteiger partial charge in [-0.05, 0) is 43.5 Å². The number of rotatable bonds is 4. The molecule has 1 saturated heterocycles. The van der Waals surface area contributed by atoms with E-state index in [0.29, 0.717) is 10.4 Å². The maximum absolute atomic E-state index is 14.3. The summed E-state index contributed by atoms with van der Waals surface area (Å²) in [6, 6.07) is 5.62. The van der Waals surface area contributed by atoms with Gasteiger partial charge in [0.15, 0.2) is 5.69 Å². The van der Waals surface area contributed by atoms with Gasteiger partial charge in [-0.2, -0.15) is 13.9 Å². The number of anilines is 2. The summed E-state index contributed by atoms with van der Waals surface area (Å²) in [7, 11) is 0. The van der Waals surface area contributed by atoms with Crippen molar-refractivity contribution in [2.75, 3.05) is 23.3 Å². The highest BCUT2D eigenvalue weighted by atomic mass is 35.5. The molecule has 5 nitrogen and oxygen atoms in total. The monoisotopic (exact) mass is 374 g/mol. The lowest BCUT2D eigenvalue weighted by molar-refractivity contribution is 0.0561. The van der Waals surface area contributed by atoms with Crippen molar-refractivity contribution in [2.45, 2.75) is 25.8 Å². The van der Waals surface area contributed by atoms with Gasteiger partial charge in [-0.3, -0.25) is 4.79 Å². The lowest BCUT2D eigenvalue weighted by Gasteiger charge is -2.29. The van der Waals surface area contributed by atoms with Crippen molar-refractivity contribution < 1.29 is 18.0 Å². The van der Waals surface area contributed by atoms with Crippen LogP contribution in [0.5, 0.6) is 0 Å². The molecular weight excluding hydrogens is 357 g/mol. The fourth-order valence-corrected chi connectivity index (χ4v) is 2.74. The van der Waals surface area contributed by atoms with Crippen molar-refractivity contribution in [3.63, 3.8) is 0 Å². The Kier molecular flexibility index (Phi) is 6.30. The van der Waals surface area contributed by atoms with Crippen molar-refractivity contribution in [1.82, 2.24) is 9.78 Å². The Morgan fingerprint density at radius 3 is 2.48 bits per heavy atom. The lowest BCUT2D eigenvalue weighted by Crippen LogP contribution is -2.30. The van der Waals surface area contributed by atoms with Gasteiger partial charge in [-0.15, -0.1) is 12.4 Å². The molecule has 9 heteroatoms. The second-order valence-electron chi connectivity index (χ2n) is 5.63. The topological polar surface area (TPSA) is 50.2 Å². The largest absolute Gasteiger partial charge is 0.369 e. The Balaban J connectivity index is 0.00000225. The number of halogens is 4. The van der Waals surface area contributed by atoms with Crippen LogP contribution in [-0.2, 0) is 0 Å². The molecule has 1 aromatic carbocycles. The number of alkyl halides is 2. The molecule has 3 rings (SSSR count). The maximum atomic E-state index is 14.3. The Morgan fingerprint density at radius 2 is 1.88 bits per heavy atom. The summed E-state index contributed by atoms with van der Waals surface area (Å²) in [6.07, 6.45) is 4.23. The van der Waals surface area contributed by atoms with Crippen LogP contribution < -0.4 is 10.2 Å². The summed E-state index contributed by atoms with van der Waals surface area (Å²) in [5.74, 6) is -1.09. The molecule has 1 aliphatic heterocycles. The summed E-state index contributed by atoms with van der Waals surface area (Å²) < 4.78 is 39.6. The first-order chi connectivity index (χ1) is 11.5. The van der Waals surface area contributed by atoms with Crippen molar-refractivity contribution in [2.24, 2.45) is 0 Å². The molecule has 0 atom stereocenters. The SMILES string of the molecule is Cl.O=C(Nc1ccc(N2CCCCC2)c(F)c1)c1ccn(C(F)F)n1. The van der Waals surface area contributed by atoms with Crippen LogP contribution in [0.2, 0.25) is 0 Å². The molecule has 2 heterocycles. The molecule has 2 aromatic rings. The van der Waals surface area contributed by atoms with E-state index in [9.17, 15) is 18.0 Å². The zero-order chi connectivity index (χ0) is 17.1. The number of aromatic nitrogens is 2. The number of carbonyl (C=O) groups excluding carboxylic acids is 1. The van der Waals surface area contributed by atoms with Gasteiger partial charge in [-0.25, -0.2) is 9.07 Å². The van der Waals surface area contributed by atoms with Crippen LogP contribution in [0.4, 0.5) is 24.5 Å². The second-order valence-corrected chi connectivity index (χ2v) is 5.63. The van der Waals surface area contributed by atoms with E-state index in [2.05, 4.69) is 10.4 Å². The molecule has 1 aromatic heterocycles. The first-order valence-electron chi connectivity index (χ1n) is 7.74. The van der Waals surface area contributed by atoms with Crippen LogP contribution in [0.25, 0.3) is 0 Å². The van der Waals surface area contributed by atoms with Crippen LogP contribution >= 0.6 is 12.4 Å². The van der Waals surface area contributed by atoms with Crippen LogP contribution in [0.15, 0.2) is 30.5 Å². The van der Waals surface area contributed by atoms with E-state index >= 15 is 0 Å². The molecule has 0 unspecified atom stereocenters. The molecule has 0 aliphatic carbocycles. The van der Waals surface area contributed by atoms with E-state index in [1.165, 1.54) is 12.1 Å². The number of benzene rings is 1. The summed E-state index contributed by atoms with van der Waals surface area (Å²) in [5, 5.41) is 5.94. The van der Waals surface area contributed by atoms with Gasteiger partial charge in [0, 0.05) is 25.0 Å². The van der Waals surface area contributed by atoms with Crippen molar-refractivity contribution >= 4 is 29.7 Å². The highest BCUT2D eigenvalue weighted by Gasteiger charge is 2.17. The average Bonchev–Trinajstić information content (AvgIpc) is 3.06. The third kappa shape index (κ3) is 4.45. The van der Waals surface area contributed by atoms with Gasteiger partial charge < -0.3 is 10.2 Å². The van der Waals surface area contributed by atoms with E-state index < -0.39 is 18.3 Å². The third-order valence-electron chi connectivity index (χ3n) is 3.94. The van der Waals surface area contributed by atoms with Gasteiger partial charge >= 0.3 is 6.55 Å². The Hall–Kier alpha value is -2.22. The normalized spacial score (nSPS) is 14.3. The molecule has 136 valence electrons. The van der Waals surface area contributed by atoms with E-state index in [4.69, 9.17) is 0 Å². The minimum absolute atomic E-state index is 0. The number of nitrogens with one attached hydrogen (secondary N) is 1. The molecule has 1 N–H and O–H groups in total. The van der Waals surface area contributed by atoms with Crippen molar-refractivity contribution in [3.05, 3.63) is 42.0 Å². The Labute approximate surface area is 149 Å². The number of piperidine rings is 1. The summed E-state index contributed by atoms with van der Waals surface area (Å²) in [6.45, 7) is -1.19. The first-order valence-corrected chi connectivity index (χ1v) is 7.74. The average molecular weight is 375 g/mol. The van der Waals surface area contributed by atoms with Crippen LogP contribution in [0.3, 0.4) is 0 Å². The minimum Gasteiger partial charge on any atom is -0.369 e. The minimum atomic E-state index is -2.81. The molecule has 0 radical (unpaired) electrons. The van der Waals surface area contributed by atoms with Crippen LogP contribution in [0, 0.1) is 5.82 Å². The lowest BCUT2D eigenvalue weighted by atomic mass is 10.1. The zero-order valence-corrected chi connectivity index (χ0v) is 14.1. The molecule has 1 aliphatic rings. The van der Waals surface area contributed by atoms with Crippen molar-refractivity contribution in [3.8, 4) is 0 Å². The zero-order valence-electron chi connectivity index (χ0n) is 13.3. The Morgan fingerprint density at radius 1 is 1.16 bits per heavy atom. The van der Waals surface area contributed by atoms with Gasteiger partial charge in [0.2, 0.25) is 0 Å². The fraction of sp³-hybridized carbons (Fsp3) is 0.375. The van der Waals surface area contributed by atoms with Crippen molar-refractivity contribution in [1.29, 1.82) is 0 Å². The number of nitrogens with zero attached hydrogens (tertiary/aromatic N) is 3. The number of carbonyl (C=O) groups is 1. The van der Waals surface area contributed by atoms with Gasteiger partial charge in [0.05, 0.1) is 5.69 Å². The third-order valence-corrected chi connectivity index (χ3v) is 3.94. The number of amides is 1. The second kappa shape index (κ2) is 8.24. The number of hydrogen-bond acceptors (Lipinski definition) is 3. The summed E-state index contributed by atoms with van der Waals surface area (Å²) in [5.41, 5.74) is 0.607. The van der Waals surface area contributed by atoms with E-state index in [1.807, 2.05) is 4.90 Å². The summed E-state index contributed by atoms with van der Waals surface area (Å²) >= 11 is 0. The predicted octanol–water partition coefficient (Wildman–Crippen LogP) is 4.08. The summed E-state index contributed by atoms with van der Waals surface area (Å²) in [4.78, 5) is 14.0. The first kappa shape index (κ1) is 19.1. The molecule has 0 saturated carbocycles. The molecule has 0 spiro atoms. The van der Waals surface area contributed by atoms with Crippen LogP contribution in [0.1, 0.15) is 36.3 Å². The fourth-order valence-electron chi connectivity index (χ4n) is 2.74. The van der Waals surface area contributed by atoms with E-state index in [0.717, 1.165) is 38.5 Å². The quantitative estimate of drug-likeness (QED) is 0.877. The van der Waals surface area contributed by atoms with E-state index in [1.54, 1.807) is 12.1 Å². The molecular formula is C16H18ClF3N4O.